The number of unbranched alkanes of at least 4 members (excludes halogenated alkanes) is 2. The Balaban J connectivity index is 3.23. The van der Waals surface area contributed by atoms with Crippen molar-refractivity contribution in [2.24, 2.45) is 5.92 Å². The minimum Gasteiger partial charge on any atom is -0.460 e. The summed E-state index contributed by atoms with van der Waals surface area (Å²) in [4.78, 5) is 68.0. The van der Waals surface area contributed by atoms with Crippen LogP contribution in [-0.2, 0) is 39.9 Å². The molecule has 0 heterocycles. The molecule has 12 heteroatoms. The van der Waals surface area contributed by atoms with E-state index >= 15 is 0 Å². The molecule has 11 nitrogen and oxygen atoms in total. The Morgan fingerprint density at radius 3 is 1.94 bits per heavy atom. The Labute approximate surface area is 285 Å². The van der Waals surface area contributed by atoms with Crippen LogP contribution in [0.4, 0.5) is 0 Å². The van der Waals surface area contributed by atoms with E-state index in [1.807, 2.05) is 13.8 Å². The lowest BCUT2D eigenvalue weighted by atomic mass is 10.0. The predicted molar refractivity (Wildman–Crippen MR) is 182 cm³/mol. The van der Waals surface area contributed by atoms with Crippen molar-refractivity contribution in [3.05, 3.63) is 34.9 Å². The second-order valence-electron chi connectivity index (χ2n) is 14.5. The number of nitrogens with zero attached hydrogens (tertiary/aromatic N) is 2. The van der Waals surface area contributed by atoms with Gasteiger partial charge in [0.15, 0.2) is 0 Å². The smallest absolute Gasteiger partial charge is 0.326 e. The largest absolute Gasteiger partial charge is 0.460 e. The Morgan fingerprint density at radius 1 is 0.851 bits per heavy atom. The topological polar surface area (TPSA) is 143 Å². The van der Waals surface area contributed by atoms with E-state index in [4.69, 9.17) is 21.1 Å². The molecule has 2 N–H and O–H groups in total. The maximum atomic E-state index is 14.0. The molecule has 0 fully saturated rings. The molecule has 0 saturated heterocycles. The molecule has 0 spiro atoms. The molecule has 0 aliphatic rings. The minimum absolute atomic E-state index is 0.0438. The molecule has 1 rings (SSSR count). The normalized spacial score (nSPS) is 13.7. The van der Waals surface area contributed by atoms with Crippen molar-refractivity contribution in [3.63, 3.8) is 0 Å². The first-order valence-electron chi connectivity index (χ1n) is 16.3. The Hall–Kier alpha value is -3.18. The highest BCUT2D eigenvalue weighted by Gasteiger charge is 2.35. The molecule has 47 heavy (non-hydrogen) atoms. The van der Waals surface area contributed by atoms with E-state index in [9.17, 15) is 29.1 Å². The number of halogens is 1. The molecule has 0 aliphatic carbocycles. The zero-order valence-corrected chi connectivity index (χ0v) is 30.6. The number of amides is 3. The van der Waals surface area contributed by atoms with Gasteiger partial charge in [-0.2, -0.15) is 0 Å². The van der Waals surface area contributed by atoms with Gasteiger partial charge in [-0.25, -0.2) is 0 Å². The predicted octanol–water partition coefficient (Wildman–Crippen LogP) is 4.69. The Bertz CT molecular complexity index is 1190. The SMILES string of the molecule is CC(C)C[C@@H](O)C(=O)NC(CCCCCC(=O)OC(C)(C)C)C(=O)N(C)[C@H](Cc1ccc(Cl)cc1)C(=O)N(C)CC(=O)OC(C)(C)C. The van der Waals surface area contributed by atoms with E-state index in [0.717, 1.165) is 5.56 Å². The van der Waals surface area contributed by atoms with Crippen molar-refractivity contribution in [2.75, 3.05) is 20.6 Å². The molecular formula is C35H56ClN3O8. The highest BCUT2D eigenvalue weighted by atomic mass is 35.5. The zero-order chi connectivity index (χ0) is 36.1. The summed E-state index contributed by atoms with van der Waals surface area (Å²) < 4.78 is 10.7. The first-order chi connectivity index (χ1) is 21.6. The van der Waals surface area contributed by atoms with E-state index in [0.29, 0.717) is 24.3 Å². The molecule has 3 amide bonds. The second kappa shape index (κ2) is 19.0. The van der Waals surface area contributed by atoms with Gasteiger partial charge in [-0.1, -0.05) is 50.4 Å². The lowest BCUT2D eigenvalue weighted by Gasteiger charge is -2.34. The van der Waals surface area contributed by atoms with Crippen molar-refractivity contribution >= 4 is 41.3 Å². The number of nitrogens with one attached hydrogen (secondary N) is 1. The minimum atomic E-state index is -1.31. The molecule has 0 aliphatic heterocycles. The average Bonchev–Trinajstić information content (AvgIpc) is 2.92. The van der Waals surface area contributed by atoms with E-state index in [-0.39, 0.29) is 44.1 Å². The van der Waals surface area contributed by atoms with Crippen molar-refractivity contribution in [1.82, 2.24) is 15.1 Å². The van der Waals surface area contributed by atoms with Crippen LogP contribution in [0.3, 0.4) is 0 Å². The molecule has 266 valence electrons. The van der Waals surface area contributed by atoms with Gasteiger partial charge in [-0.15, -0.1) is 0 Å². The standard InChI is InChI=1S/C35H56ClN3O8/c1-23(2)20-28(40)31(43)37-26(14-12-11-13-15-29(41)46-34(3,4)5)32(44)39(10)27(21-24-16-18-25(36)19-17-24)33(45)38(9)22-30(42)47-35(6,7)8/h16-19,23,26-28,40H,11-15,20-22H2,1-10H3,(H,37,43)/t26?,27-,28-/m1/s1. The molecule has 0 aromatic heterocycles. The number of likely N-dealkylation sites (N-methyl/N-ethyl adjacent to an activating group) is 2. The highest BCUT2D eigenvalue weighted by molar-refractivity contribution is 6.30. The second-order valence-corrected chi connectivity index (χ2v) is 14.9. The number of carbonyl (C=O) groups excluding carboxylic acids is 5. The number of aliphatic hydroxyl groups is 1. The fourth-order valence-corrected chi connectivity index (χ4v) is 4.92. The summed E-state index contributed by atoms with van der Waals surface area (Å²) in [6, 6.07) is 4.78. The van der Waals surface area contributed by atoms with Crippen LogP contribution in [0.15, 0.2) is 24.3 Å². The lowest BCUT2D eigenvalue weighted by Crippen LogP contribution is -2.56. The van der Waals surface area contributed by atoms with Crippen LogP contribution < -0.4 is 5.32 Å². The van der Waals surface area contributed by atoms with Crippen molar-refractivity contribution in [2.45, 2.75) is 130 Å². The van der Waals surface area contributed by atoms with E-state index in [1.165, 1.54) is 23.9 Å². The number of esters is 2. The third-order valence-electron chi connectivity index (χ3n) is 7.01. The van der Waals surface area contributed by atoms with Gasteiger partial charge < -0.3 is 29.7 Å². The fraction of sp³-hybridized carbons (Fsp3) is 0.686. The summed E-state index contributed by atoms with van der Waals surface area (Å²) >= 11 is 6.07. The first kappa shape index (κ1) is 41.8. The number of benzene rings is 1. The third kappa shape index (κ3) is 17.0. The van der Waals surface area contributed by atoms with Gasteiger partial charge >= 0.3 is 11.9 Å². The third-order valence-corrected chi connectivity index (χ3v) is 7.26. The Morgan fingerprint density at radius 2 is 1.40 bits per heavy atom. The number of aliphatic hydroxyl groups excluding tert-OH is 1. The summed E-state index contributed by atoms with van der Waals surface area (Å²) in [6.07, 6.45) is 1.06. The number of hydrogen-bond donors (Lipinski definition) is 2. The number of ether oxygens (including phenoxy) is 2. The maximum absolute atomic E-state index is 14.0. The van der Waals surface area contributed by atoms with Gasteiger partial charge in [0.25, 0.3) is 0 Å². The lowest BCUT2D eigenvalue weighted by molar-refractivity contribution is -0.159. The maximum Gasteiger partial charge on any atom is 0.326 e. The number of carbonyl (C=O) groups is 5. The fourth-order valence-electron chi connectivity index (χ4n) is 4.80. The first-order valence-corrected chi connectivity index (χ1v) is 16.7. The molecular weight excluding hydrogens is 626 g/mol. The van der Waals surface area contributed by atoms with Crippen LogP contribution in [0.25, 0.3) is 0 Å². The van der Waals surface area contributed by atoms with Crippen molar-refractivity contribution in [1.29, 1.82) is 0 Å². The van der Waals surface area contributed by atoms with Crippen LogP contribution in [0.5, 0.6) is 0 Å². The van der Waals surface area contributed by atoms with Crippen molar-refractivity contribution in [3.8, 4) is 0 Å². The molecule has 0 bridgehead atoms. The van der Waals surface area contributed by atoms with Gasteiger partial charge in [0.2, 0.25) is 17.7 Å². The monoisotopic (exact) mass is 681 g/mol. The molecule has 1 aromatic rings. The van der Waals surface area contributed by atoms with Gasteiger partial charge in [-0.05, 0) is 84.4 Å². The zero-order valence-electron chi connectivity index (χ0n) is 29.9. The number of rotatable bonds is 17. The van der Waals surface area contributed by atoms with Gasteiger partial charge in [0, 0.05) is 32.0 Å². The molecule has 1 unspecified atom stereocenters. The quantitative estimate of drug-likeness (QED) is 0.178. The summed E-state index contributed by atoms with van der Waals surface area (Å²) in [5, 5.41) is 13.7. The van der Waals surface area contributed by atoms with Crippen LogP contribution in [0.1, 0.15) is 99.5 Å². The highest BCUT2D eigenvalue weighted by Crippen LogP contribution is 2.18. The van der Waals surface area contributed by atoms with Crippen LogP contribution in [0.2, 0.25) is 5.02 Å². The van der Waals surface area contributed by atoms with Crippen molar-refractivity contribution < 1.29 is 38.6 Å². The molecule has 1 aromatic carbocycles. The summed E-state index contributed by atoms with van der Waals surface area (Å²) in [6.45, 7) is 14.0. The van der Waals surface area contributed by atoms with Gasteiger partial charge in [0.1, 0.15) is 35.9 Å². The molecule has 0 radical (unpaired) electrons. The summed E-state index contributed by atoms with van der Waals surface area (Å²) in [5.74, 6) is -2.56. The van der Waals surface area contributed by atoms with Gasteiger partial charge in [-0.3, -0.25) is 24.0 Å². The number of hydrogen-bond acceptors (Lipinski definition) is 8. The summed E-state index contributed by atoms with van der Waals surface area (Å²) in [7, 11) is 2.94. The average molecular weight is 682 g/mol. The van der Waals surface area contributed by atoms with Gasteiger partial charge in [0.05, 0.1) is 0 Å². The van der Waals surface area contributed by atoms with Crippen LogP contribution >= 0.6 is 11.6 Å². The summed E-state index contributed by atoms with van der Waals surface area (Å²) in [5.41, 5.74) is -0.593. The molecule has 0 saturated carbocycles. The Kier molecular flexibility index (Phi) is 16.9. The van der Waals surface area contributed by atoms with E-state index in [1.54, 1.807) is 65.8 Å². The van der Waals surface area contributed by atoms with Crippen LogP contribution in [0, 0.1) is 5.92 Å². The van der Waals surface area contributed by atoms with E-state index in [2.05, 4.69) is 5.32 Å². The van der Waals surface area contributed by atoms with E-state index < -0.39 is 53.1 Å². The molecule has 3 atom stereocenters. The van der Waals surface area contributed by atoms with Crippen LogP contribution in [-0.4, -0.2) is 94.6 Å².